The largest absolute Gasteiger partial charge is 0.497 e. The van der Waals surface area contributed by atoms with Crippen LogP contribution in [0.4, 0.5) is 0 Å². The Balaban J connectivity index is 0.00000361. The summed E-state index contributed by atoms with van der Waals surface area (Å²) in [5.41, 5.74) is 6.81. The summed E-state index contributed by atoms with van der Waals surface area (Å²) in [6.45, 7) is 6.46. The highest BCUT2D eigenvalue weighted by Crippen LogP contribution is 2.20. The van der Waals surface area contributed by atoms with E-state index in [4.69, 9.17) is 10.5 Å². The van der Waals surface area contributed by atoms with Gasteiger partial charge in [-0.1, -0.05) is 32.9 Å². The molecule has 114 valence electrons. The Morgan fingerprint density at radius 1 is 1.30 bits per heavy atom. The maximum atomic E-state index is 12.2. The molecule has 0 aliphatic rings. The number of hydrogen-bond acceptors (Lipinski definition) is 3. The second kappa shape index (κ2) is 7.50. The first-order valence-electron chi connectivity index (χ1n) is 6.39. The number of nitrogens with zero attached hydrogens (tertiary/aromatic N) is 1. The lowest BCUT2D eigenvalue weighted by Crippen LogP contribution is -2.48. The molecule has 5 heteroatoms. The van der Waals surface area contributed by atoms with Gasteiger partial charge in [-0.15, -0.1) is 12.4 Å². The fourth-order valence-electron chi connectivity index (χ4n) is 1.69. The third kappa shape index (κ3) is 5.02. The number of likely N-dealkylation sites (N-methyl/N-ethyl adjacent to an activating group) is 1. The van der Waals surface area contributed by atoms with Gasteiger partial charge in [0.1, 0.15) is 5.75 Å². The average Bonchev–Trinajstić information content (AvgIpc) is 2.36. The molecule has 2 N–H and O–H groups in total. The topological polar surface area (TPSA) is 55.6 Å². The lowest BCUT2D eigenvalue weighted by atomic mass is 9.86. The Bertz CT molecular complexity index is 426. The van der Waals surface area contributed by atoms with Gasteiger partial charge in [0.25, 0.3) is 0 Å². The molecule has 0 aliphatic heterocycles. The average molecular weight is 301 g/mol. The highest BCUT2D eigenvalue weighted by atomic mass is 35.5. The third-order valence-electron chi connectivity index (χ3n) is 3.15. The van der Waals surface area contributed by atoms with Crippen molar-refractivity contribution in [3.8, 4) is 5.75 Å². The SMILES string of the molecule is COc1ccc(CN(C)C(=O)[C@@H](N)C(C)(C)C)cc1.Cl. The molecule has 0 saturated heterocycles. The zero-order valence-corrected chi connectivity index (χ0v) is 13.7. The van der Waals surface area contributed by atoms with E-state index in [0.717, 1.165) is 11.3 Å². The van der Waals surface area contributed by atoms with Gasteiger partial charge in [-0.3, -0.25) is 4.79 Å². The number of rotatable bonds is 4. The van der Waals surface area contributed by atoms with E-state index in [9.17, 15) is 4.79 Å². The number of benzene rings is 1. The van der Waals surface area contributed by atoms with Crippen molar-refractivity contribution in [2.75, 3.05) is 14.2 Å². The summed E-state index contributed by atoms with van der Waals surface area (Å²) in [7, 11) is 3.41. The number of amides is 1. The minimum absolute atomic E-state index is 0. The Morgan fingerprint density at radius 2 is 1.80 bits per heavy atom. The molecule has 0 spiro atoms. The van der Waals surface area contributed by atoms with E-state index >= 15 is 0 Å². The van der Waals surface area contributed by atoms with E-state index in [1.807, 2.05) is 45.0 Å². The number of carbonyl (C=O) groups excluding carboxylic acids is 1. The van der Waals surface area contributed by atoms with Crippen LogP contribution in [0.5, 0.6) is 5.75 Å². The molecule has 0 radical (unpaired) electrons. The summed E-state index contributed by atoms with van der Waals surface area (Å²) >= 11 is 0. The highest BCUT2D eigenvalue weighted by molar-refractivity contribution is 5.85. The molecule has 0 aliphatic carbocycles. The molecule has 1 aromatic carbocycles. The van der Waals surface area contributed by atoms with Crippen LogP contribution in [0.15, 0.2) is 24.3 Å². The molecule has 0 unspecified atom stereocenters. The molecular weight excluding hydrogens is 276 g/mol. The summed E-state index contributed by atoms with van der Waals surface area (Å²) < 4.78 is 5.10. The van der Waals surface area contributed by atoms with E-state index < -0.39 is 6.04 Å². The van der Waals surface area contributed by atoms with Crippen LogP contribution in [0.25, 0.3) is 0 Å². The zero-order valence-electron chi connectivity index (χ0n) is 12.8. The molecule has 1 rings (SSSR count). The van der Waals surface area contributed by atoms with Crippen LogP contribution in [-0.4, -0.2) is 31.0 Å². The Kier molecular flexibility index (Phi) is 7.03. The van der Waals surface area contributed by atoms with Crippen molar-refractivity contribution in [1.82, 2.24) is 4.90 Å². The predicted molar refractivity (Wildman–Crippen MR) is 84.1 cm³/mol. The van der Waals surface area contributed by atoms with Crippen molar-refractivity contribution in [3.05, 3.63) is 29.8 Å². The molecular formula is C15H25ClN2O2. The molecule has 0 saturated carbocycles. The van der Waals surface area contributed by atoms with Crippen molar-refractivity contribution >= 4 is 18.3 Å². The normalized spacial score (nSPS) is 12.3. The quantitative estimate of drug-likeness (QED) is 0.929. The van der Waals surface area contributed by atoms with Crippen LogP contribution in [0.3, 0.4) is 0 Å². The lowest BCUT2D eigenvalue weighted by molar-refractivity contribution is -0.134. The van der Waals surface area contributed by atoms with Crippen molar-refractivity contribution in [3.63, 3.8) is 0 Å². The molecule has 0 fully saturated rings. The lowest BCUT2D eigenvalue weighted by Gasteiger charge is -2.30. The molecule has 0 heterocycles. The number of ether oxygens (including phenoxy) is 1. The molecule has 0 bridgehead atoms. The Labute approximate surface area is 127 Å². The molecule has 20 heavy (non-hydrogen) atoms. The Hall–Kier alpha value is -1.26. The van der Waals surface area contributed by atoms with Gasteiger partial charge in [-0.05, 0) is 23.1 Å². The van der Waals surface area contributed by atoms with Gasteiger partial charge in [-0.2, -0.15) is 0 Å². The summed E-state index contributed by atoms with van der Waals surface area (Å²) in [5.74, 6) is 0.771. The monoisotopic (exact) mass is 300 g/mol. The van der Waals surface area contributed by atoms with Crippen molar-refractivity contribution in [2.24, 2.45) is 11.1 Å². The minimum Gasteiger partial charge on any atom is -0.497 e. The first kappa shape index (κ1) is 18.7. The summed E-state index contributed by atoms with van der Waals surface area (Å²) in [4.78, 5) is 13.9. The second-order valence-corrected chi connectivity index (χ2v) is 5.89. The number of halogens is 1. The predicted octanol–water partition coefficient (Wildman–Crippen LogP) is 2.45. The van der Waals surface area contributed by atoms with Crippen LogP contribution in [0.2, 0.25) is 0 Å². The number of hydrogen-bond donors (Lipinski definition) is 1. The van der Waals surface area contributed by atoms with Crippen LogP contribution < -0.4 is 10.5 Å². The second-order valence-electron chi connectivity index (χ2n) is 5.89. The van der Waals surface area contributed by atoms with Crippen molar-refractivity contribution in [1.29, 1.82) is 0 Å². The molecule has 1 aromatic rings. The number of methoxy groups -OCH3 is 1. The van der Waals surface area contributed by atoms with E-state index in [1.54, 1.807) is 19.1 Å². The van der Waals surface area contributed by atoms with E-state index in [1.165, 1.54) is 0 Å². The van der Waals surface area contributed by atoms with E-state index in [2.05, 4.69) is 0 Å². The zero-order chi connectivity index (χ0) is 14.6. The number of carbonyl (C=O) groups is 1. The molecule has 1 atom stereocenters. The summed E-state index contributed by atoms with van der Waals surface area (Å²) in [6, 6.07) is 7.18. The van der Waals surface area contributed by atoms with Gasteiger partial charge in [0.05, 0.1) is 13.2 Å². The smallest absolute Gasteiger partial charge is 0.240 e. The van der Waals surface area contributed by atoms with Gasteiger partial charge < -0.3 is 15.4 Å². The van der Waals surface area contributed by atoms with Crippen LogP contribution in [0.1, 0.15) is 26.3 Å². The van der Waals surface area contributed by atoms with Crippen molar-refractivity contribution in [2.45, 2.75) is 33.4 Å². The van der Waals surface area contributed by atoms with Gasteiger partial charge in [0.2, 0.25) is 5.91 Å². The van der Waals surface area contributed by atoms with Gasteiger partial charge >= 0.3 is 0 Å². The van der Waals surface area contributed by atoms with E-state index in [-0.39, 0.29) is 23.7 Å². The maximum Gasteiger partial charge on any atom is 0.240 e. The first-order chi connectivity index (χ1) is 8.75. The number of nitrogens with two attached hydrogens (primary N) is 1. The highest BCUT2D eigenvalue weighted by Gasteiger charge is 2.29. The maximum absolute atomic E-state index is 12.2. The first-order valence-corrected chi connectivity index (χ1v) is 6.39. The van der Waals surface area contributed by atoms with Crippen LogP contribution >= 0.6 is 12.4 Å². The minimum atomic E-state index is -0.490. The summed E-state index contributed by atoms with van der Waals surface area (Å²) in [6.07, 6.45) is 0. The Morgan fingerprint density at radius 3 is 2.20 bits per heavy atom. The van der Waals surface area contributed by atoms with E-state index in [0.29, 0.717) is 6.54 Å². The van der Waals surface area contributed by atoms with Gasteiger partial charge in [0.15, 0.2) is 0 Å². The fraction of sp³-hybridized carbons (Fsp3) is 0.533. The molecule has 1 amide bonds. The molecule has 4 nitrogen and oxygen atoms in total. The summed E-state index contributed by atoms with van der Waals surface area (Å²) in [5, 5.41) is 0. The fourth-order valence-corrected chi connectivity index (χ4v) is 1.69. The van der Waals surface area contributed by atoms with Gasteiger partial charge in [0, 0.05) is 13.6 Å². The van der Waals surface area contributed by atoms with Crippen LogP contribution in [0, 0.1) is 5.41 Å². The molecule has 0 aromatic heterocycles. The van der Waals surface area contributed by atoms with Crippen LogP contribution in [-0.2, 0) is 11.3 Å². The third-order valence-corrected chi connectivity index (χ3v) is 3.15. The van der Waals surface area contributed by atoms with Crippen molar-refractivity contribution < 1.29 is 9.53 Å². The van der Waals surface area contributed by atoms with Gasteiger partial charge in [-0.25, -0.2) is 0 Å². The standard InChI is InChI=1S/C15H24N2O2.ClH/c1-15(2,3)13(16)14(18)17(4)10-11-6-8-12(19-5)9-7-11;/h6-9,13H,10,16H2,1-5H3;1H/t13-;/m1./s1.